The average molecular weight is 335 g/mol. The SMILES string of the molecule is COCCn1nc(CCC(=O)N2CCC(C)CC2)c2c1CCOC2. The number of fused-ring (bicyclic) bond motifs is 1. The molecule has 6 heteroatoms. The number of piperidine rings is 1. The van der Waals surface area contributed by atoms with Gasteiger partial charge in [-0.1, -0.05) is 6.92 Å². The third-order valence-corrected chi connectivity index (χ3v) is 5.20. The summed E-state index contributed by atoms with van der Waals surface area (Å²) in [5, 5.41) is 4.74. The zero-order valence-electron chi connectivity index (χ0n) is 14.9. The Bertz CT molecular complexity index is 562. The fourth-order valence-corrected chi connectivity index (χ4v) is 3.58. The maximum absolute atomic E-state index is 12.5. The van der Waals surface area contributed by atoms with Gasteiger partial charge in [0.15, 0.2) is 0 Å². The van der Waals surface area contributed by atoms with Gasteiger partial charge in [0.2, 0.25) is 5.91 Å². The normalized spacial score (nSPS) is 18.7. The minimum atomic E-state index is 0.263. The molecule has 0 bridgehead atoms. The summed E-state index contributed by atoms with van der Waals surface area (Å²) < 4.78 is 12.8. The van der Waals surface area contributed by atoms with Gasteiger partial charge in [0.05, 0.1) is 32.1 Å². The molecule has 1 saturated heterocycles. The Hall–Kier alpha value is -1.40. The highest BCUT2D eigenvalue weighted by atomic mass is 16.5. The highest BCUT2D eigenvalue weighted by Crippen LogP contribution is 2.23. The lowest BCUT2D eigenvalue weighted by atomic mass is 9.98. The summed E-state index contributed by atoms with van der Waals surface area (Å²) in [6, 6.07) is 0. The third kappa shape index (κ3) is 3.98. The van der Waals surface area contributed by atoms with Crippen molar-refractivity contribution in [3.8, 4) is 0 Å². The maximum Gasteiger partial charge on any atom is 0.222 e. The van der Waals surface area contributed by atoms with Crippen molar-refractivity contribution in [3.05, 3.63) is 17.0 Å². The monoisotopic (exact) mass is 335 g/mol. The smallest absolute Gasteiger partial charge is 0.222 e. The van der Waals surface area contributed by atoms with Crippen molar-refractivity contribution in [2.24, 2.45) is 5.92 Å². The van der Waals surface area contributed by atoms with Crippen LogP contribution in [0.2, 0.25) is 0 Å². The van der Waals surface area contributed by atoms with Gasteiger partial charge in [0, 0.05) is 50.7 Å². The van der Waals surface area contributed by atoms with E-state index in [1.165, 1.54) is 11.3 Å². The Morgan fingerprint density at radius 2 is 2.17 bits per heavy atom. The molecule has 0 saturated carbocycles. The largest absolute Gasteiger partial charge is 0.383 e. The fourth-order valence-electron chi connectivity index (χ4n) is 3.58. The summed E-state index contributed by atoms with van der Waals surface area (Å²) in [6.07, 6.45) is 4.39. The van der Waals surface area contributed by atoms with Crippen LogP contribution in [-0.2, 0) is 40.3 Å². The van der Waals surface area contributed by atoms with Gasteiger partial charge in [-0.15, -0.1) is 0 Å². The van der Waals surface area contributed by atoms with Crippen molar-refractivity contribution in [2.75, 3.05) is 33.4 Å². The number of likely N-dealkylation sites (tertiary alicyclic amines) is 1. The van der Waals surface area contributed by atoms with Crippen molar-refractivity contribution < 1.29 is 14.3 Å². The second-order valence-electron chi connectivity index (χ2n) is 6.95. The van der Waals surface area contributed by atoms with Crippen LogP contribution in [0, 0.1) is 5.92 Å². The van der Waals surface area contributed by atoms with Crippen molar-refractivity contribution in [1.82, 2.24) is 14.7 Å². The molecule has 134 valence electrons. The number of hydrogen-bond acceptors (Lipinski definition) is 4. The predicted octanol–water partition coefficient (Wildman–Crippen LogP) is 1.79. The van der Waals surface area contributed by atoms with Crippen molar-refractivity contribution in [3.63, 3.8) is 0 Å². The molecule has 0 spiro atoms. The predicted molar refractivity (Wildman–Crippen MR) is 90.8 cm³/mol. The topological polar surface area (TPSA) is 56.6 Å². The zero-order valence-corrected chi connectivity index (χ0v) is 14.9. The van der Waals surface area contributed by atoms with Crippen molar-refractivity contribution >= 4 is 5.91 Å². The van der Waals surface area contributed by atoms with Crippen LogP contribution in [0.15, 0.2) is 0 Å². The van der Waals surface area contributed by atoms with E-state index in [1.807, 2.05) is 9.58 Å². The summed E-state index contributed by atoms with van der Waals surface area (Å²) in [7, 11) is 1.71. The van der Waals surface area contributed by atoms with Crippen molar-refractivity contribution in [2.45, 2.75) is 52.2 Å². The van der Waals surface area contributed by atoms with Crippen LogP contribution in [0.4, 0.5) is 0 Å². The number of hydrogen-bond donors (Lipinski definition) is 0. The van der Waals surface area contributed by atoms with E-state index in [0.717, 1.165) is 57.1 Å². The first-order valence-electron chi connectivity index (χ1n) is 9.11. The van der Waals surface area contributed by atoms with Gasteiger partial charge >= 0.3 is 0 Å². The quantitative estimate of drug-likeness (QED) is 0.795. The van der Waals surface area contributed by atoms with Gasteiger partial charge in [0.1, 0.15) is 0 Å². The van der Waals surface area contributed by atoms with E-state index in [-0.39, 0.29) is 5.91 Å². The number of aromatic nitrogens is 2. The lowest BCUT2D eigenvalue weighted by Gasteiger charge is -2.30. The average Bonchev–Trinajstić information content (AvgIpc) is 2.96. The van der Waals surface area contributed by atoms with Gasteiger partial charge < -0.3 is 14.4 Å². The van der Waals surface area contributed by atoms with Gasteiger partial charge in [-0.3, -0.25) is 9.48 Å². The minimum Gasteiger partial charge on any atom is -0.383 e. The van der Waals surface area contributed by atoms with Crippen LogP contribution in [-0.4, -0.2) is 54.0 Å². The lowest BCUT2D eigenvalue weighted by Crippen LogP contribution is -2.38. The molecule has 0 radical (unpaired) electrons. The van der Waals surface area contributed by atoms with Crippen molar-refractivity contribution in [1.29, 1.82) is 0 Å². The first-order chi connectivity index (χ1) is 11.7. The second kappa shape index (κ2) is 8.12. The third-order valence-electron chi connectivity index (χ3n) is 5.20. The molecule has 0 unspecified atom stereocenters. The lowest BCUT2D eigenvalue weighted by molar-refractivity contribution is -0.132. The van der Waals surface area contributed by atoms with Gasteiger partial charge in [-0.2, -0.15) is 5.10 Å². The molecule has 2 aliphatic rings. The standard InChI is InChI=1S/C18H29N3O3/c1-14-5-8-20(9-6-14)18(22)4-3-16-15-13-24-11-7-17(15)21(19-16)10-12-23-2/h14H,3-13H2,1-2H3. The molecular weight excluding hydrogens is 306 g/mol. The molecule has 0 aromatic carbocycles. The first-order valence-corrected chi connectivity index (χ1v) is 9.11. The highest BCUT2D eigenvalue weighted by Gasteiger charge is 2.24. The van der Waals surface area contributed by atoms with Gasteiger partial charge in [-0.25, -0.2) is 0 Å². The Morgan fingerprint density at radius 1 is 1.38 bits per heavy atom. The molecule has 0 N–H and O–H groups in total. The molecule has 0 aliphatic carbocycles. The van der Waals surface area contributed by atoms with Crippen LogP contribution in [0.1, 0.15) is 43.1 Å². The Morgan fingerprint density at radius 3 is 2.92 bits per heavy atom. The van der Waals surface area contributed by atoms with Gasteiger partial charge in [-0.05, 0) is 18.8 Å². The molecule has 3 heterocycles. The Kier molecular flexibility index (Phi) is 5.89. The summed E-state index contributed by atoms with van der Waals surface area (Å²) in [5.41, 5.74) is 3.48. The Balaban J connectivity index is 1.62. The number of ether oxygens (including phenoxy) is 2. The van der Waals surface area contributed by atoms with Crippen LogP contribution in [0.5, 0.6) is 0 Å². The van der Waals surface area contributed by atoms with E-state index in [2.05, 4.69) is 6.92 Å². The molecule has 1 fully saturated rings. The number of nitrogens with zero attached hydrogens (tertiary/aromatic N) is 3. The van der Waals surface area contributed by atoms with Gasteiger partial charge in [0.25, 0.3) is 0 Å². The van der Waals surface area contributed by atoms with Crippen LogP contribution in [0.3, 0.4) is 0 Å². The summed E-state index contributed by atoms with van der Waals surface area (Å²) in [4.78, 5) is 14.5. The van der Waals surface area contributed by atoms with E-state index in [4.69, 9.17) is 14.6 Å². The van der Waals surface area contributed by atoms with E-state index >= 15 is 0 Å². The highest BCUT2D eigenvalue weighted by molar-refractivity contribution is 5.76. The molecule has 1 aromatic heterocycles. The first kappa shape index (κ1) is 17.4. The molecule has 1 aromatic rings. The Labute approximate surface area is 144 Å². The van der Waals surface area contributed by atoms with Crippen LogP contribution in [0.25, 0.3) is 0 Å². The summed E-state index contributed by atoms with van der Waals surface area (Å²) in [6.45, 7) is 6.85. The molecule has 6 nitrogen and oxygen atoms in total. The van der Waals surface area contributed by atoms with E-state index in [1.54, 1.807) is 7.11 Å². The van der Waals surface area contributed by atoms with Crippen LogP contribution >= 0.6 is 0 Å². The molecular formula is C18H29N3O3. The molecule has 1 amide bonds. The van der Waals surface area contributed by atoms with Crippen LogP contribution < -0.4 is 0 Å². The molecule has 3 rings (SSSR count). The number of carbonyl (C=O) groups excluding carboxylic acids is 1. The van der Waals surface area contributed by atoms with E-state index < -0.39 is 0 Å². The summed E-state index contributed by atoms with van der Waals surface area (Å²) in [5.74, 6) is 1.01. The van der Waals surface area contributed by atoms with E-state index in [0.29, 0.717) is 26.1 Å². The fraction of sp³-hybridized carbons (Fsp3) is 0.778. The molecule has 2 aliphatic heterocycles. The van der Waals surface area contributed by atoms with E-state index in [9.17, 15) is 4.79 Å². The number of methoxy groups -OCH3 is 1. The minimum absolute atomic E-state index is 0.263. The zero-order chi connectivity index (χ0) is 16.9. The summed E-state index contributed by atoms with van der Waals surface area (Å²) >= 11 is 0. The number of aryl methyl sites for hydroxylation is 1. The number of rotatable bonds is 6. The molecule has 0 atom stereocenters. The number of carbonyl (C=O) groups is 1. The second-order valence-corrected chi connectivity index (χ2v) is 6.95. The number of amides is 1. The molecule has 24 heavy (non-hydrogen) atoms. The maximum atomic E-state index is 12.5.